The number of rotatable bonds is 4. The standard InChI is InChI=1S/C11H23NO/c1-3-4-8-12-9-6-5-7-11(12)10(2)13/h10-11,13H,3-9H2,1-2H3. The lowest BCUT2D eigenvalue weighted by Crippen LogP contribution is -2.46. The monoisotopic (exact) mass is 185 g/mol. The predicted octanol–water partition coefficient (Wildman–Crippen LogP) is 2.02. The van der Waals surface area contributed by atoms with Crippen molar-refractivity contribution in [3.8, 4) is 0 Å². The van der Waals surface area contributed by atoms with Gasteiger partial charge in [0.15, 0.2) is 0 Å². The molecular weight excluding hydrogens is 162 g/mol. The Bertz CT molecular complexity index is 136. The van der Waals surface area contributed by atoms with Crippen LogP contribution in [0, 0.1) is 0 Å². The summed E-state index contributed by atoms with van der Waals surface area (Å²) in [5.74, 6) is 0. The number of aliphatic hydroxyl groups is 1. The van der Waals surface area contributed by atoms with E-state index in [9.17, 15) is 5.11 Å². The summed E-state index contributed by atoms with van der Waals surface area (Å²) >= 11 is 0. The molecule has 0 amide bonds. The maximum Gasteiger partial charge on any atom is 0.0667 e. The molecule has 0 spiro atoms. The second kappa shape index (κ2) is 5.61. The lowest BCUT2D eigenvalue weighted by atomic mass is 9.98. The highest BCUT2D eigenvalue weighted by molar-refractivity contribution is 4.80. The summed E-state index contributed by atoms with van der Waals surface area (Å²) in [5.41, 5.74) is 0. The van der Waals surface area contributed by atoms with E-state index in [1.807, 2.05) is 6.92 Å². The molecule has 0 aromatic heterocycles. The molecule has 1 N–H and O–H groups in total. The Hall–Kier alpha value is -0.0800. The van der Waals surface area contributed by atoms with Crippen molar-refractivity contribution in [2.24, 2.45) is 0 Å². The van der Waals surface area contributed by atoms with Crippen LogP contribution in [0.15, 0.2) is 0 Å². The van der Waals surface area contributed by atoms with E-state index in [1.165, 1.54) is 45.2 Å². The van der Waals surface area contributed by atoms with Gasteiger partial charge in [-0.2, -0.15) is 0 Å². The first-order valence-electron chi connectivity index (χ1n) is 5.67. The minimum atomic E-state index is -0.155. The SMILES string of the molecule is CCCCN1CCCCC1C(C)O. The lowest BCUT2D eigenvalue weighted by Gasteiger charge is -2.37. The molecule has 0 aromatic carbocycles. The summed E-state index contributed by atoms with van der Waals surface area (Å²) < 4.78 is 0. The number of aliphatic hydroxyl groups excluding tert-OH is 1. The van der Waals surface area contributed by atoms with Crippen molar-refractivity contribution in [3.63, 3.8) is 0 Å². The van der Waals surface area contributed by atoms with E-state index in [0.717, 1.165) is 0 Å². The first-order chi connectivity index (χ1) is 6.25. The second-order valence-corrected chi connectivity index (χ2v) is 4.19. The fourth-order valence-corrected chi connectivity index (χ4v) is 2.20. The highest BCUT2D eigenvalue weighted by Gasteiger charge is 2.25. The van der Waals surface area contributed by atoms with E-state index in [1.54, 1.807) is 0 Å². The second-order valence-electron chi connectivity index (χ2n) is 4.19. The summed E-state index contributed by atoms with van der Waals surface area (Å²) in [7, 11) is 0. The van der Waals surface area contributed by atoms with Gasteiger partial charge in [0, 0.05) is 6.04 Å². The minimum absolute atomic E-state index is 0.155. The van der Waals surface area contributed by atoms with Crippen LogP contribution in [0.4, 0.5) is 0 Å². The van der Waals surface area contributed by atoms with Crippen molar-refractivity contribution in [3.05, 3.63) is 0 Å². The smallest absolute Gasteiger partial charge is 0.0667 e. The molecule has 13 heavy (non-hydrogen) atoms. The highest BCUT2D eigenvalue weighted by atomic mass is 16.3. The van der Waals surface area contributed by atoms with Crippen molar-refractivity contribution in [2.75, 3.05) is 13.1 Å². The Morgan fingerprint density at radius 2 is 2.23 bits per heavy atom. The molecule has 1 fully saturated rings. The largest absolute Gasteiger partial charge is 0.392 e. The number of nitrogens with zero attached hydrogens (tertiary/aromatic N) is 1. The molecule has 1 saturated heterocycles. The number of hydrogen-bond donors (Lipinski definition) is 1. The topological polar surface area (TPSA) is 23.5 Å². The summed E-state index contributed by atoms with van der Waals surface area (Å²) in [5, 5.41) is 9.61. The third kappa shape index (κ3) is 3.28. The molecule has 78 valence electrons. The van der Waals surface area contributed by atoms with E-state index in [4.69, 9.17) is 0 Å². The van der Waals surface area contributed by atoms with Crippen LogP contribution in [-0.4, -0.2) is 35.2 Å². The van der Waals surface area contributed by atoms with Crippen LogP contribution in [0.3, 0.4) is 0 Å². The van der Waals surface area contributed by atoms with Gasteiger partial charge < -0.3 is 5.11 Å². The van der Waals surface area contributed by atoms with Crippen LogP contribution in [0.1, 0.15) is 46.0 Å². The summed E-state index contributed by atoms with van der Waals surface area (Å²) in [6.07, 6.45) is 6.15. The Balaban J connectivity index is 2.37. The Labute approximate surface area is 81.9 Å². The van der Waals surface area contributed by atoms with Crippen molar-refractivity contribution in [2.45, 2.75) is 58.1 Å². The van der Waals surface area contributed by atoms with Gasteiger partial charge in [-0.15, -0.1) is 0 Å². The van der Waals surface area contributed by atoms with E-state index < -0.39 is 0 Å². The summed E-state index contributed by atoms with van der Waals surface area (Å²) in [6.45, 7) is 6.51. The molecule has 1 heterocycles. The number of hydrogen-bond acceptors (Lipinski definition) is 2. The third-order valence-electron chi connectivity index (χ3n) is 3.02. The molecular formula is C11H23NO. The van der Waals surface area contributed by atoms with Crippen LogP contribution >= 0.6 is 0 Å². The van der Waals surface area contributed by atoms with Gasteiger partial charge in [0.05, 0.1) is 6.10 Å². The first kappa shape index (κ1) is 11.0. The first-order valence-corrected chi connectivity index (χ1v) is 5.67. The molecule has 2 nitrogen and oxygen atoms in total. The molecule has 0 radical (unpaired) electrons. The average molecular weight is 185 g/mol. The van der Waals surface area contributed by atoms with Crippen molar-refractivity contribution >= 4 is 0 Å². The van der Waals surface area contributed by atoms with Gasteiger partial charge in [0.1, 0.15) is 0 Å². The number of unbranched alkanes of at least 4 members (excludes halogenated alkanes) is 1. The summed E-state index contributed by atoms with van der Waals surface area (Å²) in [4.78, 5) is 2.47. The molecule has 1 aliphatic heterocycles. The van der Waals surface area contributed by atoms with Gasteiger partial charge in [-0.25, -0.2) is 0 Å². The molecule has 0 aliphatic carbocycles. The normalized spacial score (nSPS) is 27.5. The Morgan fingerprint density at radius 1 is 1.46 bits per heavy atom. The molecule has 2 atom stereocenters. The van der Waals surface area contributed by atoms with Gasteiger partial charge in [0.25, 0.3) is 0 Å². The van der Waals surface area contributed by atoms with Crippen molar-refractivity contribution in [1.29, 1.82) is 0 Å². The van der Waals surface area contributed by atoms with E-state index in [-0.39, 0.29) is 6.10 Å². The predicted molar refractivity (Wildman–Crippen MR) is 55.8 cm³/mol. The molecule has 1 aliphatic rings. The Kier molecular flexibility index (Phi) is 4.74. The Morgan fingerprint density at radius 3 is 2.85 bits per heavy atom. The maximum absolute atomic E-state index is 9.61. The minimum Gasteiger partial charge on any atom is -0.392 e. The average Bonchev–Trinajstić information content (AvgIpc) is 2.15. The van der Waals surface area contributed by atoms with Gasteiger partial charge in [-0.05, 0) is 39.3 Å². The fraction of sp³-hybridized carbons (Fsp3) is 1.00. The van der Waals surface area contributed by atoms with Crippen molar-refractivity contribution < 1.29 is 5.11 Å². The van der Waals surface area contributed by atoms with Gasteiger partial charge in [-0.1, -0.05) is 19.8 Å². The fourth-order valence-electron chi connectivity index (χ4n) is 2.20. The van der Waals surface area contributed by atoms with E-state index >= 15 is 0 Å². The molecule has 0 aromatic rings. The van der Waals surface area contributed by atoms with Gasteiger partial charge in [0.2, 0.25) is 0 Å². The highest BCUT2D eigenvalue weighted by Crippen LogP contribution is 2.19. The molecule has 0 bridgehead atoms. The van der Waals surface area contributed by atoms with Gasteiger partial charge in [-0.3, -0.25) is 4.90 Å². The van der Waals surface area contributed by atoms with Crippen LogP contribution in [0.5, 0.6) is 0 Å². The third-order valence-corrected chi connectivity index (χ3v) is 3.02. The zero-order valence-corrected chi connectivity index (χ0v) is 9.00. The molecule has 1 rings (SSSR count). The van der Waals surface area contributed by atoms with Crippen molar-refractivity contribution in [1.82, 2.24) is 4.90 Å². The summed E-state index contributed by atoms with van der Waals surface area (Å²) in [6, 6.07) is 0.431. The van der Waals surface area contributed by atoms with Crippen LogP contribution in [-0.2, 0) is 0 Å². The maximum atomic E-state index is 9.61. The van der Waals surface area contributed by atoms with Gasteiger partial charge >= 0.3 is 0 Å². The lowest BCUT2D eigenvalue weighted by molar-refractivity contribution is 0.0358. The van der Waals surface area contributed by atoms with E-state index in [0.29, 0.717) is 6.04 Å². The number of likely N-dealkylation sites (tertiary alicyclic amines) is 1. The molecule has 0 saturated carbocycles. The van der Waals surface area contributed by atoms with Crippen LogP contribution < -0.4 is 0 Å². The quantitative estimate of drug-likeness (QED) is 0.724. The molecule has 2 heteroatoms. The zero-order valence-electron chi connectivity index (χ0n) is 9.00. The van der Waals surface area contributed by atoms with Crippen LogP contribution in [0.2, 0.25) is 0 Å². The number of piperidine rings is 1. The molecule has 2 unspecified atom stereocenters. The van der Waals surface area contributed by atoms with Crippen LogP contribution in [0.25, 0.3) is 0 Å². The zero-order chi connectivity index (χ0) is 9.68. The van der Waals surface area contributed by atoms with E-state index in [2.05, 4.69) is 11.8 Å².